The molecule has 2 N–H and O–H groups in total. The van der Waals surface area contributed by atoms with E-state index in [0.717, 1.165) is 25.8 Å². The molecule has 0 spiro atoms. The minimum Gasteiger partial charge on any atom is -0.478 e. The molecular weight excluding hydrogens is 280 g/mol. The second kappa shape index (κ2) is 6.13. The normalized spacial score (nSPS) is 18.7. The van der Waals surface area contributed by atoms with E-state index >= 15 is 0 Å². The topological polar surface area (TPSA) is 69.6 Å². The number of nitrogens with one attached hydrogen (secondary N) is 1. The first-order valence-electron chi connectivity index (χ1n) is 6.59. The summed E-state index contributed by atoms with van der Waals surface area (Å²) in [5.74, 6) is -1.07. The van der Waals surface area contributed by atoms with Crippen molar-refractivity contribution in [3.05, 3.63) is 28.8 Å². The van der Waals surface area contributed by atoms with Crippen LogP contribution in [0.1, 0.15) is 36.5 Å². The standard InChI is InChI=1S/C14H17ClN2O3/c1-9-4-2-3-5-17(9)14(20)16-12-7-10(13(18)19)6-11(15)8-12/h6-9H,2-5H2,1H3,(H,16,20)(H,18,19). The molecule has 2 rings (SSSR count). The zero-order chi connectivity index (χ0) is 14.7. The quantitative estimate of drug-likeness (QED) is 0.878. The Labute approximate surface area is 122 Å². The van der Waals surface area contributed by atoms with E-state index in [1.165, 1.54) is 12.1 Å². The largest absolute Gasteiger partial charge is 0.478 e. The molecule has 6 heteroatoms. The SMILES string of the molecule is CC1CCCCN1C(=O)Nc1cc(Cl)cc(C(=O)O)c1. The Bertz CT molecular complexity index is 533. The molecule has 2 amide bonds. The number of hydrogen-bond acceptors (Lipinski definition) is 2. The van der Waals surface area contributed by atoms with Crippen LogP contribution in [0.25, 0.3) is 0 Å². The number of aromatic carboxylic acids is 1. The van der Waals surface area contributed by atoms with Gasteiger partial charge in [0.25, 0.3) is 0 Å². The van der Waals surface area contributed by atoms with Crippen LogP contribution in [-0.4, -0.2) is 34.6 Å². The third-order valence-electron chi connectivity index (χ3n) is 3.46. The van der Waals surface area contributed by atoms with Crippen molar-refractivity contribution in [3.63, 3.8) is 0 Å². The first-order chi connectivity index (χ1) is 9.47. The van der Waals surface area contributed by atoms with E-state index in [9.17, 15) is 9.59 Å². The molecule has 0 bridgehead atoms. The molecule has 5 nitrogen and oxygen atoms in total. The van der Waals surface area contributed by atoms with Crippen molar-refractivity contribution in [1.82, 2.24) is 4.90 Å². The fraction of sp³-hybridized carbons (Fsp3) is 0.429. The maximum atomic E-state index is 12.2. The summed E-state index contributed by atoms with van der Waals surface area (Å²) in [5, 5.41) is 12.0. The summed E-state index contributed by atoms with van der Waals surface area (Å²) in [5.41, 5.74) is 0.456. The Morgan fingerprint density at radius 3 is 2.75 bits per heavy atom. The zero-order valence-corrected chi connectivity index (χ0v) is 12.0. The van der Waals surface area contributed by atoms with Gasteiger partial charge in [-0.2, -0.15) is 0 Å². The van der Waals surface area contributed by atoms with Crippen LogP contribution in [0.3, 0.4) is 0 Å². The van der Waals surface area contributed by atoms with Crippen molar-refractivity contribution < 1.29 is 14.7 Å². The molecule has 1 saturated heterocycles. The number of piperidine rings is 1. The number of carboxylic acids is 1. The third kappa shape index (κ3) is 3.42. The zero-order valence-electron chi connectivity index (χ0n) is 11.2. The molecule has 0 radical (unpaired) electrons. The average molecular weight is 297 g/mol. The lowest BCUT2D eigenvalue weighted by Gasteiger charge is -2.33. The smallest absolute Gasteiger partial charge is 0.335 e. The molecule has 0 aliphatic carbocycles. The lowest BCUT2D eigenvalue weighted by molar-refractivity contribution is 0.0697. The van der Waals surface area contributed by atoms with Gasteiger partial charge < -0.3 is 15.3 Å². The molecule has 1 heterocycles. The molecule has 0 aromatic heterocycles. The van der Waals surface area contributed by atoms with Gasteiger partial charge in [-0.15, -0.1) is 0 Å². The molecule has 0 saturated carbocycles. The molecule has 1 aromatic carbocycles. The monoisotopic (exact) mass is 296 g/mol. The molecule has 1 fully saturated rings. The molecule has 1 unspecified atom stereocenters. The highest BCUT2D eigenvalue weighted by atomic mass is 35.5. The van der Waals surface area contributed by atoms with E-state index in [4.69, 9.17) is 16.7 Å². The summed E-state index contributed by atoms with van der Waals surface area (Å²) in [6, 6.07) is 4.28. The number of halogens is 1. The van der Waals surface area contributed by atoms with Gasteiger partial charge in [0.05, 0.1) is 5.56 Å². The van der Waals surface area contributed by atoms with Gasteiger partial charge >= 0.3 is 12.0 Å². The van der Waals surface area contributed by atoms with Crippen LogP contribution in [0.5, 0.6) is 0 Å². The second-order valence-corrected chi connectivity index (χ2v) is 5.44. The van der Waals surface area contributed by atoms with Gasteiger partial charge in [-0.25, -0.2) is 9.59 Å². The van der Waals surface area contributed by atoms with Crippen LogP contribution in [0.2, 0.25) is 5.02 Å². The van der Waals surface area contributed by atoms with Gasteiger partial charge in [-0.3, -0.25) is 0 Å². The van der Waals surface area contributed by atoms with Crippen molar-refractivity contribution in [2.24, 2.45) is 0 Å². The van der Waals surface area contributed by atoms with Crippen LogP contribution in [0, 0.1) is 0 Å². The minimum atomic E-state index is -1.07. The van der Waals surface area contributed by atoms with Gasteiger partial charge in [-0.1, -0.05) is 11.6 Å². The number of anilines is 1. The Balaban J connectivity index is 2.13. The van der Waals surface area contributed by atoms with E-state index < -0.39 is 5.97 Å². The van der Waals surface area contributed by atoms with E-state index in [1.807, 2.05) is 6.92 Å². The summed E-state index contributed by atoms with van der Waals surface area (Å²) in [6.07, 6.45) is 3.11. The first kappa shape index (κ1) is 14.7. The van der Waals surface area contributed by atoms with Gasteiger partial charge in [0.15, 0.2) is 0 Å². The average Bonchev–Trinajstić information content (AvgIpc) is 2.38. The van der Waals surface area contributed by atoms with Crippen LogP contribution in [0.4, 0.5) is 10.5 Å². The lowest BCUT2D eigenvalue weighted by Crippen LogP contribution is -2.44. The Kier molecular flexibility index (Phi) is 4.49. The van der Waals surface area contributed by atoms with Gasteiger partial charge in [0, 0.05) is 23.3 Å². The van der Waals surface area contributed by atoms with Crippen LogP contribution < -0.4 is 5.32 Å². The number of carboxylic acid groups (broad SMARTS) is 1. The number of amides is 2. The Morgan fingerprint density at radius 1 is 1.35 bits per heavy atom. The summed E-state index contributed by atoms with van der Waals surface area (Å²) in [7, 11) is 0. The second-order valence-electron chi connectivity index (χ2n) is 5.00. The number of likely N-dealkylation sites (tertiary alicyclic amines) is 1. The number of hydrogen-bond donors (Lipinski definition) is 2. The van der Waals surface area contributed by atoms with E-state index in [1.54, 1.807) is 11.0 Å². The van der Waals surface area contributed by atoms with Crippen molar-refractivity contribution in [2.45, 2.75) is 32.2 Å². The highest BCUT2D eigenvalue weighted by Gasteiger charge is 2.23. The maximum Gasteiger partial charge on any atom is 0.335 e. The van der Waals surface area contributed by atoms with Crippen molar-refractivity contribution >= 4 is 29.3 Å². The number of benzene rings is 1. The van der Waals surface area contributed by atoms with Crippen molar-refractivity contribution in [2.75, 3.05) is 11.9 Å². The van der Waals surface area contributed by atoms with E-state index in [0.29, 0.717) is 5.69 Å². The summed E-state index contributed by atoms with van der Waals surface area (Å²) in [4.78, 5) is 24.9. The molecule has 20 heavy (non-hydrogen) atoms. The van der Waals surface area contributed by atoms with Gasteiger partial charge in [0.1, 0.15) is 0 Å². The summed E-state index contributed by atoms with van der Waals surface area (Å²) in [6.45, 7) is 2.73. The Morgan fingerprint density at radius 2 is 2.10 bits per heavy atom. The number of carbonyl (C=O) groups excluding carboxylic acids is 1. The molecule has 1 aliphatic rings. The van der Waals surface area contributed by atoms with Crippen LogP contribution in [-0.2, 0) is 0 Å². The third-order valence-corrected chi connectivity index (χ3v) is 3.68. The summed E-state index contributed by atoms with van der Waals surface area (Å²) >= 11 is 5.86. The lowest BCUT2D eigenvalue weighted by atomic mass is 10.0. The molecule has 1 atom stereocenters. The van der Waals surface area contributed by atoms with Crippen LogP contribution >= 0.6 is 11.6 Å². The predicted molar refractivity (Wildman–Crippen MR) is 77.4 cm³/mol. The molecule has 108 valence electrons. The van der Waals surface area contributed by atoms with E-state index in [-0.39, 0.29) is 22.7 Å². The highest BCUT2D eigenvalue weighted by molar-refractivity contribution is 6.31. The Hall–Kier alpha value is -1.75. The summed E-state index contributed by atoms with van der Waals surface area (Å²) < 4.78 is 0. The number of carbonyl (C=O) groups is 2. The molecule has 1 aromatic rings. The van der Waals surface area contributed by atoms with Crippen molar-refractivity contribution in [3.8, 4) is 0 Å². The first-order valence-corrected chi connectivity index (χ1v) is 6.96. The number of nitrogens with zero attached hydrogens (tertiary/aromatic N) is 1. The highest BCUT2D eigenvalue weighted by Crippen LogP contribution is 2.21. The predicted octanol–water partition coefficient (Wildman–Crippen LogP) is 3.44. The number of urea groups is 1. The fourth-order valence-electron chi connectivity index (χ4n) is 2.38. The van der Waals surface area contributed by atoms with Crippen molar-refractivity contribution in [1.29, 1.82) is 0 Å². The molecule has 1 aliphatic heterocycles. The van der Waals surface area contributed by atoms with E-state index in [2.05, 4.69) is 5.32 Å². The van der Waals surface area contributed by atoms with Gasteiger partial charge in [-0.05, 0) is 44.4 Å². The fourth-order valence-corrected chi connectivity index (χ4v) is 2.62. The number of rotatable bonds is 2. The van der Waals surface area contributed by atoms with Crippen LogP contribution in [0.15, 0.2) is 18.2 Å². The van der Waals surface area contributed by atoms with Gasteiger partial charge in [0.2, 0.25) is 0 Å². The minimum absolute atomic E-state index is 0.0551. The maximum absolute atomic E-state index is 12.2. The molecular formula is C14H17ClN2O3.